The van der Waals surface area contributed by atoms with Gasteiger partial charge in [0.05, 0.1) is 18.6 Å². The van der Waals surface area contributed by atoms with E-state index in [0.29, 0.717) is 10.8 Å². The smallest absolute Gasteiger partial charge is 0.307 e. The Labute approximate surface area is 121 Å². The second-order valence-corrected chi connectivity index (χ2v) is 5.30. The Morgan fingerprint density at radius 1 is 1.45 bits per heavy atom. The Morgan fingerprint density at radius 3 is 2.95 bits per heavy atom. The molecular weight excluding hydrogens is 278 g/mol. The third kappa shape index (κ3) is 2.16. The number of nitrogens with zero attached hydrogens (tertiary/aromatic N) is 1. The maximum atomic E-state index is 10.8. The number of ether oxygens (including phenoxy) is 1. The number of methoxy groups -OCH3 is 1. The van der Waals surface area contributed by atoms with E-state index in [1.54, 1.807) is 7.11 Å². The fraction of sp³-hybridized carbons (Fsp3) is 0.267. The van der Waals surface area contributed by atoms with Crippen LogP contribution in [0.3, 0.4) is 0 Å². The van der Waals surface area contributed by atoms with E-state index >= 15 is 0 Å². The third-order valence-corrected chi connectivity index (χ3v) is 3.88. The number of aryl methyl sites for hydroxylation is 2. The minimum absolute atomic E-state index is 0.0417. The van der Waals surface area contributed by atoms with Gasteiger partial charge in [0.25, 0.3) is 0 Å². The Kier molecular flexibility index (Phi) is 3.18. The quantitative estimate of drug-likeness (QED) is 0.946. The zero-order valence-electron chi connectivity index (χ0n) is 11.0. The average molecular weight is 292 g/mol. The molecule has 104 valence electrons. The van der Waals surface area contributed by atoms with Crippen molar-refractivity contribution >= 4 is 17.6 Å². The second-order valence-electron chi connectivity index (χ2n) is 4.89. The van der Waals surface area contributed by atoms with Gasteiger partial charge in [-0.1, -0.05) is 11.6 Å². The molecule has 2 heterocycles. The Hall–Kier alpha value is -1.94. The van der Waals surface area contributed by atoms with Crippen molar-refractivity contribution in [2.75, 3.05) is 7.11 Å². The molecule has 0 aliphatic carbocycles. The molecule has 2 aromatic rings. The van der Waals surface area contributed by atoms with E-state index in [9.17, 15) is 4.79 Å². The fourth-order valence-electron chi connectivity index (χ4n) is 2.69. The molecule has 1 aromatic heterocycles. The lowest BCUT2D eigenvalue weighted by atomic mass is 9.98. The van der Waals surface area contributed by atoms with Crippen LogP contribution in [0.25, 0.3) is 11.3 Å². The second kappa shape index (κ2) is 4.87. The Balaban J connectivity index is 2.09. The number of aliphatic carboxylic acids is 1. The van der Waals surface area contributed by atoms with E-state index in [1.165, 1.54) is 5.56 Å². The molecule has 0 fully saturated rings. The van der Waals surface area contributed by atoms with Crippen LogP contribution in [0.1, 0.15) is 11.1 Å². The zero-order valence-corrected chi connectivity index (χ0v) is 11.8. The minimum Gasteiger partial charge on any atom is -0.495 e. The molecule has 3 rings (SSSR count). The summed E-state index contributed by atoms with van der Waals surface area (Å²) in [5.41, 5.74) is 4.07. The first-order valence-corrected chi connectivity index (χ1v) is 6.74. The highest BCUT2D eigenvalue weighted by Crippen LogP contribution is 2.37. The first-order valence-electron chi connectivity index (χ1n) is 6.36. The van der Waals surface area contributed by atoms with Gasteiger partial charge < -0.3 is 14.4 Å². The summed E-state index contributed by atoms with van der Waals surface area (Å²) < 4.78 is 7.35. The molecule has 1 aliphatic rings. The predicted octanol–water partition coefficient (Wildman–Crippen LogP) is 3.00. The molecule has 4 nitrogen and oxygen atoms in total. The van der Waals surface area contributed by atoms with Crippen LogP contribution in [0.4, 0.5) is 0 Å². The summed E-state index contributed by atoms with van der Waals surface area (Å²) in [5, 5.41) is 9.50. The summed E-state index contributed by atoms with van der Waals surface area (Å²) in [6, 6.07) is 5.79. The van der Waals surface area contributed by atoms with Crippen LogP contribution in [0.2, 0.25) is 5.02 Å². The molecule has 5 heteroatoms. The van der Waals surface area contributed by atoms with Gasteiger partial charge >= 0.3 is 5.97 Å². The van der Waals surface area contributed by atoms with E-state index < -0.39 is 5.97 Å². The normalized spacial score (nSPS) is 12.7. The van der Waals surface area contributed by atoms with Crippen LogP contribution < -0.4 is 4.74 Å². The lowest BCUT2D eigenvalue weighted by molar-refractivity contribution is -0.136. The maximum absolute atomic E-state index is 10.8. The van der Waals surface area contributed by atoms with Crippen molar-refractivity contribution in [3.63, 3.8) is 0 Å². The minimum atomic E-state index is -0.818. The summed E-state index contributed by atoms with van der Waals surface area (Å²) in [6.07, 6.45) is 2.83. The van der Waals surface area contributed by atoms with Crippen LogP contribution in [-0.4, -0.2) is 22.8 Å². The number of halogens is 1. The van der Waals surface area contributed by atoms with Gasteiger partial charge in [-0.3, -0.25) is 4.79 Å². The molecule has 0 bridgehead atoms. The number of carbonyl (C=O) groups is 1. The van der Waals surface area contributed by atoms with E-state index in [4.69, 9.17) is 21.4 Å². The number of aromatic nitrogens is 1. The molecule has 0 unspecified atom stereocenters. The number of rotatable bonds is 3. The largest absolute Gasteiger partial charge is 0.495 e. The molecule has 0 atom stereocenters. The van der Waals surface area contributed by atoms with Gasteiger partial charge in [-0.25, -0.2) is 0 Å². The number of hydrogen-bond acceptors (Lipinski definition) is 2. The molecule has 20 heavy (non-hydrogen) atoms. The van der Waals surface area contributed by atoms with Gasteiger partial charge in [0.2, 0.25) is 0 Å². The molecule has 0 radical (unpaired) electrons. The van der Waals surface area contributed by atoms with E-state index in [1.807, 2.05) is 24.4 Å². The van der Waals surface area contributed by atoms with Crippen molar-refractivity contribution < 1.29 is 14.6 Å². The Morgan fingerprint density at radius 2 is 2.25 bits per heavy atom. The van der Waals surface area contributed by atoms with Crippen LogP contribution in [-0.2, 0) is 24.2 Å². The summed E-state index contributed by atoms with van der Waals surface area (Å²) >= 11 is 6.15. The van der Waals surface area contributed by atoms with Gasteiger partial charge in [0.1, 0.15) is 5.75 Å². The number of benzene rings is 1. The summed E-state index contributed by atoms with van der Waals surface area (Å²) in [5.74, 6) is -0.179. The van der Waals surface area contributed by atoms with E-state index in [0.717, 1.165) is 29.8 Å². The van der Waals surface area contributed by atoms with Crippen molar-refractivity contribution in [3.8, 4) is 17.0 Å². The Bertz CT molecular complexity index is 691. The molecular formula is C15H14ClNO3. The molecule has 0 saturated heterocycles. The number of carboxylic acid groups (broad SMARTS) is 1. The van der Waals surface area contributed by atoms with Crippen LogP contribution in [0.5, 0.6) is 5.75 Å². The summed E-state index contributed by atoms with van der Waals surface area (Å²) in [7, 11) is 1.59. The number of hydrogen-bond donors (Lipinski definition) is 1. The van der Waals surface area contributed by atoms with Crippen molar-refractivity contribution in [3.05, 3.63) is 40.5 Å². The third-order valence-electron chi connectivity index (χ3n) is 3.58. The number of carboxylic acids is 1. The van der Waals surface area contributed by atoms with Crippen molar-refractivity contribution in [2.24, 2.45) is 0 Å². The van der Waals surface area contributed by atoms with Gasteiger partial charge in [0.15, 0.2) is 0 Å². The molecule has 1 N–H and O–H groups in total. The highest BCUT2D eigenvalue weighted by molar-refractivity contribution is 6.32. The van der Waals surface area contributed by atoms with E-state index in [-0.39, 0.29) is 6.42 Å². The first-order chi connectivity index (χ1) is 9.58. The molecule has 0 amide bonds. The fourth-order valence-corrected chi connectivity index (χ4v) is 2.95. The standard InChI is InChI=1S/C15H14ClNO3/c1-20-14-7-11-10(6-12(14)16)2-3-17-8-9(4-13(11)17)5-15(18)19/h4,6-8H,2-3,5H2,1H3,(H,18,19). The average Bonchev–Trinajstić information content (AvgIpc) is 2.79. The van der Waals surface area contributed by atoms with Crippen molar-refractivity contribution in [1.29, 1.82) is 0 Å². The van der Waals surface area contributed by atoms with Crippen LogP contribution in [0, 0.1) is 0 Å². The lowest BCUT2D eigenvalue weighted by Crippen LogP contribution is -2.09. The monoisotopic (exact) mass is 291 g/mol. The van der Waals surface area contributed by atoms with Gasteiger partial charge in [-0.05, 0) is 35.7 Å². The van der Waals surface area contributed by atoms with Gasteiger partial charge in [0, 0.05) is 24.0 Å². The number of fused-ring (bicyclic) bond motifs is 3. The van der Waals surface area contributed by atoms with E-state index in [2.05, 4.69) is 4.57 Å². The highest BCUT2D eigenvalue weighted by Gasteiger charge is 2.20. The summed E-state index contributed by atoms with van der Waals surface area (Å²) in [6.45, 7) is 0.838. The lowest BCUT2D eigenvalue weighted by Gasteiger charge is -2.20. The van der Waals surface area contributed by atoms with Gasteiger partial charge in [-0.2, -0.15) is 0 Å². The molecule has 0 saturated carbocycles. The molecule has 1 aromatic carbocycles. The van der Waals surface area contributed by atoms with Crippen LogP contribution in [0.15, 0.2) is 24.4 Å². The molecule has 1 aliphatic heterocycles. The van der Waals surface area contributed by atoms with Crippen molar-refractivity contribution in [2.45, 2.75) is 19.4 Å². The predicted molar refractivity (Wildman–Crippen MR) is 76.5 cm³/mol. The van der Waals surface area contributed by atoms with Crippen LogP contribution >= 0.6 is 11.6 Å². The maximum Gasteiger partial charge on any atom is 0.307 e. The SMILES string of the molecule is COc1cc2c(cc1Cl)CCn1cc(CC(=O)O)cc1-2. The van der Waals surface area contributed by atoms with Crippen molar-refractivity contribution in [1.82, 2.24) is 4.57 Å². The van der Waals surface area contributed by atoms with Gasteiger partial charge in [-0.15, -0.1) is 0 Å². The summed E-state index contributed by atoms with van der Waals surface area (Å²) in [4.78, 5) is 10.8. The topological polar surface area (TPSA) is 51.5 Å². The highest BCUT2D eigenvalue weighted by atomic mass is 35.5. The zero-order chi connectivity index (χ0) is 14.3. The molecule has 0 spiro atoms. The first kappa shape index (κ1) is 13.1.